The molecule has 0 atom stereocenters. The highest BCUT2D eigenvalue weighted by Gasteiger charge is 2.09. The lowest BCUT2D eigenvalue weighted by atomic mass is 10.2. The fourth-order valence-electron chi connectivity index (χ4n) is 0.686. The van der Waals surface area contributed by atoms with Gasteiger partial charge in [0, 0.05) is 0 Å². The molecule has 0 N–H and O–H groups in total. The van der Waals surface area contributed by atoms with E-state index >= 15 is 0 Å². The number of allylic oxidation sites excluding steroid dienone is 1. The van der Waals surface area contributed by atoms with E-state index in [0.29, 0.717) is 0 Å². The Labute approximate surface area is 70.0 Å². The summed E-state index contributed by atoms with van der Waals surface area (Å²) in [6.45, 7) is 6.48. The molecule has 0 aromatic heterocycles. The molecule has 0 unspecified atom stereocenters. The normalized spacial score (nSPS) is 12.8. The van der Waals surface area contributed by atoms with Gasteiger partial charge >= 0.3 is 0 Å². The molecule has 0 amide bonds. The average molecular weight is 177 g/mol. The van der Waals surface area contributed by atoms with Crippen molar-refractivity contribution < 1.29 is 0 Å². The minimum absolute atomic E-state index is 1.19. The van der Waals surface area contributed by atoms with Gasteiger partial charge in [-0.15, -0.1) is 0 Å². The molecule has 0 aromatic carbocycles. The van der Waals surface area contributed by atoms with E-state index in [-0.39, 0.29) is 0 Å². The largest absolute Gasteiger partial charge is 0.173 e. The number of hydrogen-bond acceptors (Lipinski definition) is 0. The van der Waals surface area contributed by atoms with Gasteiger partial charge in [-0.25, -0.2) is 0 Å². The van der Waals surface area contributed by atoms with E-state index in [4.69, 9.17) is 11.1 Å². The molecule has 10 heavy (non-hydrogen) atoms. The van der Waals surface area contributed by atoms with Crippen LogP contribution >= 0.6 is 11.1 Å². The highest BCUT2D eigenvalue weighted by molar-refractivity contribution is 7.21. The molecular formula is C8H17ClSi. The number of hydrogen-bond donors (Lipinski definition) is 0. The first kappa shape index (κ1) is 10.2. The standard InChI is InChI=1S/C8H17ClSi/c1-4-5-6-7-8-10(2,3)9/h7-8H,4-6H2,1-3H3/b8-7+. The quantitative estimate of drug-likeness (QED) is 0.348. The third kappa shape index (κ3) is 8.25. The van der Waals surface area contributed by atoms with E-state index in [0.717, 1.165) is 0 Å². The van der Waals surface area contributed by atoms with Crippen molar-refractivity contribution in [3.05, 3.63) is 11.8 Å². The maximum atomic E-state index is 6.06. The minimum atomic E-state index is -1.42. The molecule has 0 spiro atoms. The van der Waals surface area contributed by atoms with Gasteiger partial charge in [-0.1, -0.05) is 44.6 Å². The van der Waals surface area contributed by atoms with Crippen LogP contribution in [-0.2, 0) is 0 Å². The van der Waals surface area contributed by atoms with Gasteiger partial charge in [0.25, 0.3) is 0 Å². The van der Waals surface area contributed by atoms with Crippen LogP contribution in [0.5, 0.6) is 0 Å². The van der Waals surface area contributed by atoms with Crippen molar-refractivity contribution in [1.82, 2.24) is 0 Å². The summed E-state index contributed by atoms with van der Waals surface area (Å²) in [7, 11) is -1.42. The van der Waals surface area contributed by atoms with Crippen molar-refractivity contribution in [3.8, 4) is 0 Å². The first-order valence-electron chi connectivity index (χ1n) is 3.93. The van der Waals surface area contributed by atoms with Crippen molar-refractivity contribution in [2.45, 2.75) is 39.3 Å². The second kappa shape index (κ2) is 4.97. The monoisotopic (exact) mass is 176 g/mol. The van der Waals surface area contributed by atoms with Crippen LogP contribution < -0.4 is 0 Å². The molecule has 0 heterocycles. The molecule has 0 saturated carbocycles. The molecule has 2 heteroatoms. The van der Waals surface area contributed by atoms with Crippen LogP contribution in [0.3, 0.4) is 0 Å². The molecule has 0 rings (SSSR count). The third-order valence-corrected chi connectivity index (χ3v) is 2.64. The summed E-state index contributed by atoms with van der Waals surface area (Å²) in [5.74, 6) is 0. The summed E-state index contributed by atoms with van der Waals surface area (Å²) in [6, 6.07) is 0. The van der Waals surface area contributed by atoms with Crippen LogP contribution in [0, 0.1) is 0 Å². The van der Waals surface area contributed by atoms with Gasteiger partial charge in [0.05, 0.1) is 0 Å². The Kier molecular flexibility index (Phi) is 5.09. The minimum Gasteiger partial charge on any atom is -0.162 e. The zero-order valence-corrected chi connectivity index (χ0v) is 8.91. The molecule has 60 valence electrons. The van der Waals surface area contributed by atoms with Crippen LogP contribution in [0.1, 0.15) is 26.2 Å². The Morgan fingerprint density at radius 1 is 1.40 bits per heavy atom. The lowest BCUT2D eigenvalue weighted by molar-refractivity contribution is 0.815. The number of halogens is 1. The molecule has 0 fully saturated rings. The van der Waals surface area contributed by atoms with E-state index in [1.807, 2.05) is 0 Å². The Balaban J connectivity index is 3.37. The predicted molar refractivity (Wildman–Crippen MR) is 52.0 cm³/mol. The van der Waals surface area contributed by atoms with Gasteiger partial charge < -0.3 is 0 Å². The van der Waals surface area contributed by atoms with Gasteiger partial charge in [0.2, 0.25) is 0 Å². The fraction of sp³-hybridized carbons (Fsp3) is 0.750. The molecular weight excluding hydrogens is 160 g/mol. The zero-order chi connectivity index (χ0) is 8.04. The average Bonchev–Trinajstić information content (AvgIpc) is 1.78. The van der Waals surface area contributed by atoms with Crippen LogP contribution in [-0.4, -0.2) is 7.38 Å². The van der Waals surface area contributed by atoms with E-state index < -0.39 is 7.38 Å². The molecule has 0 saturated heterocycles. The summed E-state index contributed by atoms with van der Waals surface area (Å²) >= 11 is 6.06. The lowest BCUT2D eigenvalue weighted by Crippen LogP contribution is -2.11. The summed E-state index contributed by atoms with van der Waals surface area (Å²) < 4.78 is 0. The first-order chi connectivity index (χ1) is 4.56. The topological polar surface area (TPSA) is 0 Å². The smallest absolute Gasteiger partial charge is 0.162 e. The van der Waals surface area contributed by atoms with Gasteiger partial charge in [-0.2, -0.15) is 11.1 Å². The summed E-state index contributed by atoms with van der Waals surface area (Å²) in [5.41, 5.74) is 2.20. The van der Waals surface area contributed by atoms with Crippen molar-refractivity contribution in [2.24, 2.45) is 0 Å². The molecule has 0 radical (unpaired) electrons. The number of unbranched alkanes of at least 4 members (excludes halogenated alkanes) is 2. The molecule has 0 aliphatic carbocycles. The van der Waals surface area contributed by atoms with E-state index in [2.05, 4.69) is 31.8 Å². The van der Waals surface area contributed by atoms with Gasteiger partial charge in [0.1, 0.15) is 0 Å². The summed E-state index contributed by atoms with van der Waals surface area (Å²) in [4.78, 5) is 0. The van der Waals surface area contributed by atoms with Crippen LogP contribution in [0.4, 0.5) is 0 Å². The maximum absolute atomic E-state index is 6.06. The molecule has 0 bridgehead atoms. The second-order valence-corrected chi connectivity index (χ2v) is 9.49. The van der Waals surface area contributed by atoms with E-state index in [1.54, 1.807) is 0 Å². The molecule has 0 nitrogen and oxygen atoms in total. The Bertz CT molecular complexity index is 102. The highest BCUT2D eigenvalue weighted by atomic mass is 35.6. The van der Waals surface area contributed by atoms with Crippen molar-refractivity contribution in [2.75, 3.05) is 0 Å². The molecule has 0 aliphatic rings. The van der Waals surface area contributed by atoms with Crippen molar-refractivity contribution in [1.29, 1.82) is 0 Å². The van der Waals surface area contributed by atoms with E-state index in [9.17, 15) is 0 Å². The Morgan fingerprint density at radius 2 is 2.00 bits per heavy atom. The molecule has 0 aromatic rings. The van der Waals surface area contributed by atoms with Gasteiger partial charge in [0.15, 0.2) is 7.38 Å². The summed E-state index contributed by atoms with van der Waals surface area (Å²) in [6.07, 6.45) is 5.98. The maximum Gasteiger partial charge on any atom is 0.173 e. The fourth-order valence-corrected chi connectivity index (χ4v) is 1.68. The van der Waals surface area contributed by atoms with Gasteiger partial charge in [-0.3, -0.25) is 0 Å². The number of rotatable bonds is 4. The predicted octanol–water partition coefficient (Wildman–Crippen LogP) is 3.72. The van der Waals surface area contributed by atoms with Crippen molar-refractivity contribution in [3.63, 3.8) is 0 Å². The summed E-state index contributed by atoms with van der Waals surface area (Å²) in [5, 5.41) is 0. The van der Waals surface area contributed by atoms with Crippen LogP contribution in [0.2, 0.25) is 13.1 Å². The SMILES string of the molecule is CCCC/C=C/[Si](C)(C)Cl. The zero-order valence-electron chi connectivity index (χ0n) is 7.15. The Morgan fingerprint density at radius 3 is 2.40 bits per heavy atom. The second-order valence-electron chi connectivity index (χ2n) is 3.11. The first-order valence-corrected chi connectivity index (χ1v) is 8.02. The molecule has 0 aliphatic heterocycles. The van der Waals surface area contributed by atoms with Crippen molar-refractivity contribution >= 4 is 18.5 Å². The van der Waals surface area contributed by atoms with Crippen LogP contribution in [0.25, 0.3) is 0 Å². The lowest BCUT2D eigenvalue weighted by Gasteiger charge is -2.03. The third-order valence-electron chi connectivity index (χ3n) is 1.24. The van der Waals surface area contributed by atoms with Gasteiger partial charge in [-0.05, 0) is 6.42 Å². The Hall–Kier alpha value is 0.247. The van der Waals surface area contributed by atoms with E-state index in [1.165, 1.54) is 19.3 Å². The van der Waals surface area contributed by atoms with Crippen LogP contribution in [0.15, 0.2) is 11.8 Å². The highest BCUT2D eigenvalue weighted by Crippen LogP contribution is 2.09.